The van der Waals surface area contributed by atoms with Crippen LogP contribution in [0.4, 0.5) is 0 Å². The van der Waals surface area contributed by atoms with Gasteiger partial charge in [-0.1, -0.05) is 12.2 Å². The summed E-state index contributed by atoms with van der Waals surface area (Å²) in [6.07, 6.45) is 2.10. The van der Waals surface area contributed by atoms with Crippen LogP contribution < -0.4 is 5.73 Å². The van der Waals surface area contributed by atoms with Crippen molar-refractivity contribution in [1.82, 2.24) is 4.90 Å². The number of rotatable bonds is 5. The van der Waals surface area contributed by atoms with Crippen molar-refractivity contribution in [2.24, 2.45) is 5.73 Å². The fraction of sp³-hybridized carbons (Fsp3) is 0.857. The van der Waals surface area contributed by atoms with E-state index in [2.05, 4.69) is 11.2 Å². The van der Waals surface area contributed by atoms with E-state index < -0.39 is 0 Å². The quantitative estimate of drug-likeness (QED) is 0.657. The van der Waals surface area contributed by atoms with E-state index in [1.54, 1.807) is 0 Å². The number of hydrogen-bond acceptors (Lipinski definition) is 3. The van der Waals surface area contributed by atoms with Crippen LogP contribution in [0.5, 0.6) is 0 Å². The molecule has 0 aromatic heterocycles. The molecule has 0 aliphatic carbocycles. The summed E-state index contributed by atoms with van der Waals surface area (Å²) in [5.41, 5.74) is 5.49. The van der Waals surface area contributed by atoms with Gasteiger partial charge in [0.05, 0.1) is 11.0 Å². The number of thiocarbonyl (C=S) groups is 1. The molecular formula is C7H16N2S2. The van der Waals surface area contributed by atoms with Crippen molar-refractivity contribution in [3.63, 3.8) is 0 Å². The first-order valence-corrected chi connectivity index (χ1v) is 5.38. The number of hydrogen-bond donors (Lipinski definition) is 1. The summed E-state index contributed by atoms with van der Waals surface area (Å²) < 4.78 is 0. The first-order valence-electron chi connectivity index (χ1n) is 3.58. The van der Waals surface area contributed by atoms with E-state index in [0.29, 0.717) is 4.99 Å². The predicted octanol–water partition coefficient (Wildman–Crippen LogP) is 0.956. The number of likely N-dealkylation sites (N-methyl/N-ethyl adjacent to an activating group) is 1. The van der Waals surface area contributed by atoms with E-state index in [0.717, 1.165) is 12.3 Å². The summed E-state index contributed by atoms with van der Waals surface area (Å²) in [5.74, 6) is 1.13. The zero-order valence-electron chi connectivity index (χ0n) is 7.33. The molecule has 0 aliphatic rings. The molecule has 0 saturated carbocycles. The van der Waals surface area contributed by atoms with Crippen molar-refractivity contribution in [3.8, 4) is 0 Å². The largest absolute Gasteiger partial charge is 0.392 e. The molecule has 0 radical (unpaired) electrons. The Hall–Kier alpha value is 0.200. The fourth-order valence-electron chi connectivity index (χ4n) is 0.646. The van der Waals surface area contributed by atoms with Crippen LogP contribution in [0, 0.1) is 0 Å². The van der Waals surface area contributed by atoms with E-state index in [1.807, 2.05) is 25.7 Å². The van der Waals surface area contributed by atoms with Crippen LogP contribution in [0.25, 0.3) is 0 Å². The molecule has 4 heteroatoms. The van der Waals surface area contributed by atoms with Gasteiger partial charge in [0, 0.05) is 12.3 Å². The second-order valence-corrected chi connectivity index (χ2v) is 4.01. The average Bonchev–Trinajstić information content (AvgIpc) is 1.98. The summed E-state index contributed by atoms with van der Waals surface area (Å²) in [5, 5.41) is 0. The highest BCUT2D eigenvalue weighted by Crippen LogP contribution is 1.98. The second kappa shape index (κ2) is 5.80. The molecule has 0 fully saturated rings. The lowest BCUT2D eigenvalue weighted by atomic mass is 10.3. The fourth-order valence-corrected chi connectivity index (χ4v) is 1.30. The SMILES string of the molecule is CSCCN(C)C(C)C(N)=S. The molecule has 0 aromatic carbocycles. The van der Waals surface area contributed by atoms with Crippen LogP contribution >= 0.6 is 24.0 Å². The van der Waals surface area contributed by atoms with Crippen molar-refractivity contribution in [1.29, 1.82) is 0 Å². The maximum Gasteiger partial charge on any atom is 0.0899 e. The van der Waals surface area contributed by atoms with E-state index in [1.165, 1.54) is 0 Å². The average molecular weight is 192 g/mol. The summed E-state index contributed by atoms with van der Waals surface area (Å²) in [4.78, 5) is 2.74. The first kappa shape index (κ1) is 11.2. The molecule has 1 unspecified atom stereocenters. The Morgan fingerprint density at radius 3 is 2.64 bits per heavy atom. The standard InChI is InChI=1S/C7H16N2S2/c1-6(7(8)10)9(2)4-5-11-3/h6H,4-5H2,1-3H3,(H2,8,10). The van der Waals surface area contributed by atoms with Crippen molar-refractivity contribution >= 4 is 29.0 Å². The molecule has 2 nitrogen and oxygen atoms in total. The molecule has 0 aliphatic heterocycles. The van der Waals surface area contributed by atoms with E-state index >= 15 is 0 Å². The first-order chi connectivity index (χ1) is 5.09. The normalized spacial score (nSPS) is 13.5. The van der Waals surface area contributed by atoms with Gasteiger partial charge < -0.3 is 5.73 Å². The molecule has 0 saturated heterocycles. The highest BCUT2D eigenvalue weighted by molar-refractivity contribution is 7.98. The molecule has 2 N–H and O–H groups in total. The summed E-state index contributed by atoms with van der Waals surface area (Å²) in [7, 11) is 2.04. The van der Waals surface area contributed by atoms with Crippen LogP contribution in [0.1, 0.15) is 6.92 Å². The van der Waals surface area contributed by atoms with Gasteiger partial charge in [-0.2, -0.15) is 11.8 Å². The van der Waals surface area contributed by atoms with Crippen molar-refractivity contribution in [3.05, 3.63) is 0 Å². The van der Waals surface area contributed by atoms with Crippen LogP contribution in [0.2, 0.25) is 0 Å². The third-order valence-corrected chi connectivity index (χ3v) is 2.65. The van der Waals surface area contributed by atoms with Crippen molar-refractivity contribution < 1.29 is 0 Å². The molecule has 11 heavy (non-hydrogen) atoms. The van der Waals surface area contributed by atoms with Gasteiger partial charge in [-0.25, -0.2) is 0 Å². The highest BCUT2D eigenvalue weighted by Gasteiger charge is 2.09. The lowest BCUT2D eigenvalue weighted by Gasteiger charge is -2.22. The minimum absolute atomic E-state index is 0.220. The highest BCUT2D eigenvalue weighted by atomic mass is 32.2. The maximum absolute atomic E-state index is 5.49. The van der Waals surface area contributed by atoms with Gasteiger partial charge in [-0.3, -0.25) is 4.90 Å². The van der Waals surface area contributed by atoms with Gasteiger partial charge in [0.2, 0.25) is 0 Å². The Kier molecular flexibility index (Phi) is 5.91. The van der Waals surface area contributed by atoms with Crippen LogP contribution in [0.3, 0.4) is 0 Å². The molecule has 0 aromatic rings. The smallest absolute Gasteiger partial charge is 0.0899 e. The Morgan fingerprint density at radius 2 is 2.27 bits per heavy atom. The van der Waals surface area contributed by atoms with Crippen molar-refractivity contribution in [2.45, 2.75) is 13.0 Å². The summed E-state index contributed by atoms with van der Waals surface area (Å²) >= 11 is 6.71. The molecule has 1 atom stereocenters. The molecule has 0 spiro atoms. The van der Waals surface area contributed by atoms with Gasteiger partial charge in [-0.15, -0.1) is 0 Å². The van der Waals surface area contributed by atoms with Crippen LogP contribution in [0.15, 0.2) is 0 Å². The molecular weight excluding hydrogens is 176 g/mol. The van der Waals surface area contributed by atoms with Gasteiger partial charge in [0.25, 0.3) is 0 Å². The Labute approximate surface area is 78.5 Å². The number of thioether (sulfide) groups is 1. The van der Waals surface area contributed by atoms with E-state index in [4.69, 9.17) is 18.0 Å². The van der Waals surface area contributed by atoms with E-state index in [9.17, 15) is 0 Å². The zero-order chi connectivity index (χ0) is 8.85. The predicted molar refractivity (Wildman–Crippen MR) is 57.3 cm³/mol. The van der Waals surface area contributed by atoms with Crippen LogP contribution in [-0.4, -0.2) is 41.5 Å². The number of nitrogens with two attached hydrogens (primary N) is 1. The van der Waals surface area contributed by atoms with Crippen LogP contribution in [-0.2, 0) is 0 Å². The zero-order valence-corrected chi connectivity index (χ0v) is 8.97. The second-order valence-electron chi connectivity index (χ2n) is 2.55. The lowest BCUT2D eigenvalue weighted by molar-refractivity contribution is 0.332. The third kappa shape index (κ3) is 4.61. The van der Waals surface area contributed by atoms with Gasteiger partial charge in [0.1, 0.15) is 0 Å². The Bertz CT molecular complexity index is 128. The molecule has 0 bridgehead atoms. The maximum atomic E-state index is 5.49. The van der Waals surface area contributed by atoms with Gasteiger partial charge >= 0.3 is 0 Å². The van der Waals surface area contributed by atoms with Gasteiger partial charge in [0.15, 0.2) is 0 Å². The number of nitrogens with zero attached hydrogens (tertiary/aromatic N) is 1. The lowest BCUT2D eigenvalue weighted by Crippen LogP contribution is -2.40. The minimum atomic E-state index is 0.220. The Balaban J connectivity index is 3.63. The van der Waals surface area contributed by atoms with Gasteiger partial charge in [-0.05, 0) is 20.2 Å². The summed E-state index contributed by atoms with van der Waals surface area (Å²) in [6, 6.07) is 0.220. The Morgan fingerprint density at radius 1 is 1.73 bits per heavy atom. The molecule has 0 amide bonds. The third-order valence-electron chi connectivity index (χ3n) is 1.72. The van der Waals surface area contributed by atoms with E-state index in [-0.39, 0.29) is 6.04 Å². The monoisotopic (exact) mass is 192 g/mol. The minimum Gasteiger partial charge on any atom is -0.392 e. The summed E-state index contributed by atoms with van der Waals surface area (Å²) in [6.45, 7) is 3.07. The molecule has 66 valence electrons. The topological polar surface area (TPSA) is 29.3 Å². The van der Waals surface area contributed by atoms with Crippen molar-refractivity contribution in [2.75, 3.05) is 25.6 Å². The molecule has 0 heterocycles. The molecule has 0 rings (SSSR count).